The van der Waals surface area contributed by atoms with Gasteiger partial charge in [-0.2, -0.15) is 4.98 Å². The highest BCUT2D eigenvalue weighted by Gasteiger charge is 2.36. The lowest BCUT2D eigenvalue weighted by atomic mass is 9.71. The second-order valence-electron chi connectivity index (χ2n) is 6.54. The van der Waals surface area contributed by atoms with Gasteiger partial charge in [-0.25, -0.2) is 0 Å². The fraction of sp³-hybridized carbons (Fsp3) is 0.688. The van der Waals surface area contributed by atoms with Crippen molar-refractivity contribution in [3.8, 4) is 5.88 Å². The van der Waals surface area contributed by atoms with E-state index in [9.17, 15) is 5.11 Å². The van der Waals surface area contributed by atoms with Crippen LogP contribution in [0.2, 0.25) is 0 Å². The molecule has 0 unspecified atom stereocenters. The van der Waals surface area contributed by atoms with Gasteiger partial charge < -0.3 is 15.2 Å². The number of anilines is 1. The molecule has 1 aromatic rings. The number of hydrogen-bond acceptors (Lipinski definition) is 4. The molecule has 112 valence electrons. The number of aromatic nitrogens is 1. The molecule has 0 atom stereocenters. The molecule has 1 aromatic heterocycles. The van der Waals surface area contributed by atoms with E-state index >= 15 is 0 Å². The highest BCUT2D eigenvalue weighted by molar-refractivity contribution is 5.37. The third-order valence-electron chi connectivity index (χ3n) is 4.15. The molecule has 1 aliphatic rings. The molecule has 20 heavy (non-hydrogen) atoms. The fourth-order valence-corrected chi connectivity index (χ4v) is 2.57. The van der Waals surface area contributed by atoms with E-state index in [1.807, 2.05) is 25.1 Å². The molecule has 4 nitrogen and oxygen atoms in total. The smallest absolute Gasteiger partial charge is 0.215 e. The van der Waals surface area contributed by atoms with Crippen molar-refractivity contribution >= 4 is 5.82 Å². The summed E-state index contributed by atoms with van der Waals surface area (Å²) in [4.78, 5) is 4.36. The molecule has 1 fully saturated rings. The van der Waals surface area contributed by atoms with Crippen molar-refractivity contribution in [1.29, 1.82) is 0 Å². The van der Waals surface area contributed by atoms with Crippen LogP contribution in [-0.4, -0.2) is 28.8 Å². The number of hydrogen-bond donors (Lipinski definition) is 2. The van der Waals surface area contributed by atoms with E-state index in [-0.39, 0.29) is 0 Å². The highest BCUT2D eigenvalue weighted by Crippen LogP contribution is 2.40. The molecule has 0 spiro atoms. The van der Waals surface area contributed by atoms with Gasteiger partial charge in [0.15, 0.2) is 0 Å². The number of nitrogens with zero attached hydrogens (tertiary/aromatic N) is 1. The van der Waals surface area contributed by atoms with Gasteiger partial charge in [0.1, 0.15) is 5.82 Å². The second kappa shape index (κ2) is 6.00. The van der Waals surface area contributed by atoms with Gasteiger partial charge in [-0.1, -0.05) is 19.9 Å². The average molecular weight is 278 g/mol. The Hall–Kier alpha value is -1.29. The number of ether oxygens (including phenoxy) is 1. The Morgan fingerprint density at radius 2 is 1.95 bits per heavy atom. The van der Waals surface area contributed by atoms with Crippen LogP contribution in [0.4, 0.5) is 5.82 Å². The highest BCUT2D eigenvalue weighted by atomic mass is 16.5. The quantitative estimate of drug-likeness (QED) is 0.868. The molecule has 1 aliphatic carbocycles. The van der Waals surface area contributed by atoms with Crippen LogP contribution >= 0.6 is 0 Å². The van der Waals surface area contributed by atoms with E-state index in [2.05, 4.69) is 24.1 Å². The maximum absolute atomic E-state index is 10.6. The molecule has 2 N–H and O–H groups in total. The summed E-state index contributed by atoms with van der Waals surface area (Å²) in [5.74, 6) is 1.38. The monoisotopic (exact) mass is 278 g/mol. The van der Waals surface area contributed by atoms with E-state index < -0.39 is 5.60 Å². The lowest BCUT2D eigenvalue weighted by Gasteiger charge is -2.40. The van der Waals surface area contributed by atoms with Crippen LogP contribution in [0.25, 0.3) is 0 Å². The summed E-state index contributed by atoms with van der Waals surface area (Å²) in [6.45, 7) is 7.63. The van der Waals surface area contributed by atoms with E-state index in [1.165, 1.54) is 0 Å². The predicted octanol–water partition coefficient (Wildman–Crippen LogP) is 3.22. The topological polar surface area (TPSA) is 54.4 Å². The van der Waals surface area contributed by atoms with E-state index in [4.69, 9.17) is 4.74 Å². The van der Waals surface area contributed by atoms with Gasteiger partial charge >= 0.3 is 0 Å². The summed E-state index contributed by atoms with van der Waals surface area (Å²) in [6, 6.07) is 5.65. The van der Waals surface area contributed by atoms with E-state index in [0.29, 0.717) is 24.4 Å². The van der Waals surface area contributed by atoms with Crippen LogP contribution in [0, 0.1) is 5.41 Å². The maximum Gasteiger partial charge on any atom is 0.215 e. The summed E-state index contributed by atoms with van der Waals surface area (Å²) < 4.78 is 5.38. The average Bonchev–Trinajstić information content (AvgIpc) is 2.42. The summed E-state index contributed by atoms with van der Waals surface area (Å²) in [7, 11) is 0. The van der Waals surface area contributed by atoms with Gasteiger partial charge in [0.05, 0.1) is 12.2 Å². The number of pyridine rings is 1. The molecule has 1 saturated carbocycles. The van der Waals surface area contributed by atoms with Gasteiger partial charge in [0.2, 0.25) is 5.88 Å². The lowest BCUT2D eigenvalue weighted by Crippen LogP contribution is -2.42. The molecular weight excluding hydrogens is 252 g/mol. The summed E-state index contributed by atoms with van der Waals surface area (Å²) in [5.41, 5.74) is -0.252. The Morgan fingerprint density at radius 1 is 1.25 bits per heavy atom. The minimum absolute atomic E-state index is 0.360. The van der Waals surface area contributed by atoms with E-state index in [0.717, 1.165) is 31.5 Å². The Bertz CT molecular complexity index is 436. The van der Waals surface area contributed by atoms with Crippen molar-refractivity contribution in [2.24, 2.45) is 5.41 Å². The standard InChI is InChI=1S/C16H26N2O2/c1-4-20-14-7-5-6-13(18-14)17-12-16(19)10-8-15(2,3)9-11-16/h5-7,19H,4,8-12H2,1-3H3,(H,17,18). The molecule has 4 heteroatoms. The van der Waals surface area contributed by atoms with Crippen molar-refractivity contribution in [3.05, 3.63) is 18.2 Å². The van der Waals surface area contributed by atoms with Gasteiger partial charge in [-0.3, -0.25) is 0 Å². The zero-order chi connectivity index (χ0) is 14.6. The van der Waals surface area contributed by atoms with Crippen molar-refractivity contribution in [1.82, 2.24) is 4.98 Å². The first-order valence-electron chi connectivity index (χ1n) is 7.49. The summed E-state index contributed by atoms with van der Waals surface area (Å²) in [5, 5.41) is 13.9. The Balaban J connectivity index is 1.90. The first-order valence-corrected chi connectivity index (χ1v) is 7.49. The lowest BCUT2D eigenvalue weighted by molar-refractivity contribution is -0.0146. The molecule has 1 heterocycles. The normalized spacial score (nSPS) is 20.4. The Kier molecular flexibility index (Phi) is 4.53. The van der Waals surface area contributed by atoms with Crippen LogP contribution in [0.3, 0.4) is 0 Å². The van der Waals surface area contributed by atoms with Crippen molar-refractivity contribution in [3.63, 3.8) is 0 Å². The molecule has 0 radical (unpaired) electrons. The zero-order valence-electron chi connectivity index (χ0n) is 12.8. The van der Waals surface area contributed by atoms with Crippen LogP contribution in [0.15, 0.2) is 18.2 Å². The minimum atomic E-state index is -0.612. The van der Waals surface area contributed by atoms with Crippen molar-refractivity contribution in [2.45, 2.75) is 52.1 Å². The van der Waals surface area contributed by atoms with Crippen LogP contribution < -0.4 is 10.1 Å². The largest absolute Gasteiger partial charge is 0.478 e. The second-order valence-corrected chi connectivity index (χ2v) is 6.54. The molecular formula is C16H26N2O2. The van der Waals surface area contributed by atoms with Gasteiger partial charge in [0, 0.05) is 12.6 Å². The SMILES string of the molecule is CCOc1cccc(NCC2(O)CCC(C)(C)CC2)n1. The maximum atomic E-state index is 10.6. The molecule has 2 rings (SSSR count). The van der Waals surface area contributed by atoms with Crippen LogP contribution in [0.1, 0.15) is 46.5 Å². The third kappa shape index (κ3) is 4.10. The first-order chi connectivity index (χ1) is 9.42. The van der Waals surface area contributed by atoms with Crippen molar-refractivity contribution < 1.29 is 9.84 Å². The third-order valence-corrected chi connectivity index (χ3v) is 4.15. The fourth-order valence-electron chi connectivity index (χ4n) is 2.57. The molecule has 0 aliphatic heterocycles. The van der Waals surface area contributed by atoms with Crippen molar-refractivity contribution in [2.75, 3.05) is 18.5 Å². The number of rotatable bonds is 5. The zero-order valence-corrected chi connectivity index (χ0v) is 12.8. The predicted molar refractivity (Wildman–Crippen MR) is 81.1 cm³/mol. The van der Waals surface area contributed by atoms with Gasteiger partial charge in [-0.15, -0.1) is 0 Å². The molecule has 0 saturated heterocycles. The summed E-state index contributed by atoms with van der Waals surface area (Å²) in [6.07, 6.45) is 3.82. The van der Waals surface area contributed by atoms with Crippen LogP contribution in [-0.2, 0) is 0 Å². The van der Waals surface area contributed by atoms with E-state index in [1.54, 1.807) is 0 Å². The summed E-state index contributed by atoms with van der Waals surface area (Å²) >= 11 is 0. The Labute approximate surface area is 121 Å². The van der Waals surface area contributed by atoms with Gasteiger partial charge in [0.25, 0.3) is 0 Å². The molecule has 0 bridgehead atoms. The number of nitrogens with one attached hydrogen (secondary N) is 1. The molecule has 0 amide bonds. The van der Waals surface area contributed by atoms with Crippen LogP contribution in [0.5, 0.6) is 5.88 Å². The minimum Gasteiger partial charge on any atom is -0.478 e. The molecule has 0 aromatic carbocycles. The van der Waals surface area contributed by atoms with Gasteiger partial charge in [-0.05, 0) is 44.1 Å². The Morgan fingerprint density at radius 3 is 2.60 bits per heavy atom. The number of aliphatic hydroxyl groups is 1. The first kappa shape index (κ1) is 15.1.